The van der Waals surface area contributed by atoms with Crippen LogP contribution >= 0.6 is 27.3 Å². The molecule has 1 atom stereocenters. The molecule has 1 heterocycles. The molecule has 0 fully saturated rings. The third-order valence-corrected chi connectivity index (χ3v) is 5.03. The van der Waals surface area contributed by atoms with Gasteiger partial charge >= 0.3 is 0 Å². The summed E-state index contributed by atoms with van der Waals surface area (Å²) < 4.78 is 16.1. The normalized spacial score (nSPS) is 12.7. The van der Waals surface area contributed by atoms with Gasteiger partial charge in [-0.1, -0.05) is 34.1 Å². The first kappa shape index (κ1) is 14.7. The first-order chi connectivity index (χ1) is 10.2. The number of benzene rings is 2. The third kappa shape index (κ3) is 3.01. The van der Waals surface area contributed by atoms with Crippen molar-refractivity contribution in [2.24, 2.45) is 5.84 Å². The van der Waals surface area contributed by atoms with Gasteiger partial charge in [0.2, 0.25) is 0 Å². The molecule has 1 aromatic heterocycles. The number of nitrogens with one attached hydrogen (secondary N) is 1. The molecule has 3 rings (SSSR count). The zero-order chi connectivity index (χ0) is 14.8. The zero-order valence-corrected chi connectivity index (χ0v) is 13.5. The van der Waals surface area contributed by atoms with Crippen molar-refractivity contribution in [3.63, 3.8) is 0 Å². The molecule has 1 unspecified atom stereocenters. The number of rotatable bonds is 4. The van der Waals surface area contributed by atoms with Gasteiger partial charge in [0.05, 0.1) is 6.04 Å². The number of hydrazine groups is 1. The van der Waals surface area contributed by atoms with Crippen LogP contribution in [0.3, 0.4) is 0 Å². The number of hydrogen-bond acceptors (Lipinski definition) is 3. The van der Waals surface area contributed by atoms with E-state index >= 15 is 0 Å². The Kier molecular flexibility index (Phi) is 4.35. The van der Waals surface area contributed by atoms with E-state index in [1.54, 1.807) is 23.5 Å². The fourth-order valence-electron chi connectivity index (χ4n) is 2.45. The van der Waals surface area contributed by atoms with Crippen molar-refractivity contribution in [2.75, 3.05) is 0 Å². The highest BCUT2D eigenvalue weighted by atomic mass is 79.9. The molecule has 0 bridgehead atoms. The van der Waals surface area contributed by atoms with Gasteiger partial charge in [-0.05, 0) is 47.0 Å². The number of fused-ring (bicyclic) bond motifs is 1. The van der Waals surface area contributed by atoms with Crippen LogP contribution in [0.2, 0.25) is 0 Å². The first-order valence-electron chi connectivity index (χ1n) is 6.55. The van der Waals surface area contributed by atoms with Crippen molar-refractivity contribution < 1.29 is 4.39 Å². The maximum atomic E-state index is 14.0. The summed E-state index contributed by atoms with van der Waals surface area (Å²) in [5.41, 5.74) is 4.48. The number of hydrogen-bond donors (Lipinski definition) is 2. The second-order valence-electron chi connectivity index (χ2n) is 4.85. The van der Waals surface area contributed by atoms with Crippen molar-refractivity contribution in [3.05, 3.63) is 69.3 Å². The zero-order valence-electron chi connectivity index (χ0n) is 11.1. The molecule has 0 saturated carbocycles. The number of thiophene rings is 1. The molecule has 0 aliphatic rings. The second-order valence-corrected chi connectivity index (χ2v) is 6.67. The molecule has 0 saturated heterocycles. The van der Waals surface area contributed by atoms with Gasteiger partial charge < -0.3 is 0 Å². The van der Waals surface area contributed by atoms with Crippen LogP contribution in [-0.2, 0) is 6.42 Å². The molecule has 5 heteroatoms. The Labute approximate surface area is 134 Å². The van der Waals surface area contributed by atoms with E-state index in [-0.39, 0.29) is 11.9 Å². The molecule has 0 aliphatic carbocycles. The molecule has 0 radical (unpaired) electrons. The fourth-order valence-corrected chi connectivity index (χ4v) is 3.81. The van der Waals surface area contributed by atoms with Crippen LogP contribution in [0.25, 0.3) is 10.1 Å². The summed E-state index contributed by atoms with van der Waals surface area (Å²) in [5, 5.41) is 3.32. The van der Waals surface area contributed by atoms with Gasteiger partial charge in [0, 0.05) is 14.7 Å². The van der Waals surface area contributed by atoms with Crippen LogP contribution in [0.5, 0.6) is 0 Å². The van der Waals surface area contributed by atoms with Crippen LogP contribution < -0.4 is 11.3 Å². The fraction of sp³-hybridized carbons (Fsp3) is 0.125. The van der Waals surface area contributed by atoms with E-state index < -0.39 is 0 Å². The summed E-state index contributed by atoms with van der Waals surface area (Å²) in [5.74, 6) is 5.41. The van der Waals surface area contributed by atoms with E-state index in [0.717, 1.165) is 4.47 Å². The van der Waals surface area contributed by atoms with Gasteiger partial charge in [0.1, 0.15) is 5.82 Å². The second kappa shape index (κ2) is 6.23. The predicted molar refractivity (Wildman–Crippen MR) is 89.7 cm³/mol. The molecular formula is C16H14BrFN2S. The summed E-state index contributed by atoms with van der Waals surface area (Å²) in [4.78, 5) is 0. The van der Waals surface area contributed by atoms with Crippen molar-refractivity contribution in [1.29, 1.82) is 0 Å². The van der Waals surface area contributed by atoms with Gasteiger partial charge in [-0.25, -0.2) is 4.39 Å². The van der Waals surface area contributed by atoms with Crippen LogP contribution in [0.15, 0.2) is 52.3 Å². The van der Waals surface area contributed by atoms with E-state index in [1.807, 2.05) is 12.1 Å². The summed E-state index contributed by atoms with van der Waals surface area (Å²) in [7, 11) is 0. The standard InChI is InChI=1S/C16H14BrFN2S/c17-11-5-6-14(18)13(8-11)15(20-19)7-10-9-21-16-4-2-1-3-12(10)16/h1-6,8-9,15,20H,7,19H2. The smallest absolute Gasteiger partial charge is 0.128 e. The summed E-state index contributed by atoms with van der Waals surface area (Å²) in [6.07, 6.45) is 0.647. The molecule has 3 N–H and O–H groups in total. The van der Waals surface area contributed by atoms with Crippen molar-refractivity contribution >= 4 is 37.4 Å². The summed E-state index contributed by atoms with van der Waals surface area (Å²) in [6, 6.07) is 12.9. The average Bonchev–Trinajstić information content (AvgIpc) is 2.91. The maximum Gasteiger partial charge on any atom is 0.128 e. The predicted octanol–water partition coefficient (Wildman–Crippen LogP) is 4.55. The largest absolute Gasteiger partial charge is 0.271 e. The molecular weight excluding hydrogens is 351 g/mol. The van der Waals surface area contributed by atoms with Crippen molar-refractivity contribution in [2.45, 2.75) is 12.5 Å². The van der Waals surface area contributed by atoms with Crippen LogP contribution in [-0.4, -0.2) is 0 Å². The monoisotopic (exact) mass is 364 g/mol. The van der Waals surface area contributed by atoms with Gasteiger partial charge in [0.15, 0.2) is 0 Å². The van der Waals surface area contributed by atoms with E-state index in [4.69, 9.17) is 5.84 Å². The molecule has 2 aromatic carbocycles. The molecule has 3 aromatic rings. The van der Waals surface area contributed by atoms with E-state index in [1.165, 1.54) is 21.7 Å². The number of halogens is 2. The lowest BCUT2D eigenvalue weighted by Gasteiger charge is -2.17. The van der Waals surface area contributed by atoms with E-state index in [9.17, 15) is 4.39 Å². The lowest BCUT2D eigenvalue weighted by atomic mass is 9.98. The molecule has 2 nitrogen and oxygen atoms in total. The van der Waals surface area contributed by atoms with Gasteiger partial charge in [-0.2, -0.15) is 0 Å². The minimum atomic E-state index is -0.263. The highest BCUT2D eigenvalue weighted by molar-refractivity contribution is 9.10. The van der Waals surface area contributed by atoms with E-state index in [2.05, 4.69) is 38.9 Å². The Morgan fingerprint density at radius 1 is 1.24 bits per heavy atom. The summed E-state index contributed by atoms with van der Waals surface area (Å²) in [6.45, 7) is 0. The van der Waals surface area contributed by atoms with Gasteiger partial charge in [-0.3, -0.25) is 11.3 Å². The topological polar surface area (TPSA) is 38.0 Å². The Morgan fingerprint density at radius 2 is 2.05 bits per heavy atom. The molecule has 108 valence electrons. The van der Waals surface area contributed by atoms with Crippen molar-refractivity contribution in [1.82, 2.24) is 5.43 Å². The minimum Gasteiger partial charge on any atom is -0.271 e. The van der Waals surface area contributed by atoms with Crippen LogP contribution in [0, 0.1) is 5.82 Å². The quantitative estimate of drug-likeness (QED) is 0.526. The van der Waals surface area contributed by atoms with Gasteiger partial charge in [-0.15, -0.1) is 11.3 Å². The molecule has 0 spiro atoms. The molecule has 0 aliphatic heterocycles. The lowest BCUT2D eigenvalue weighted by molar-refractivity contribution is 0.511. The number of nitrogens with two attached hydrogens (primary N) is 1. The lowest BCUT2D eigenvalue weighted by Crippen LogP contribution is -2.30. The minimum absolute atomic E-state index is 0.249. The summed E-state index contributed by atoms with van der Waals surface area (Å²) >= 11 is 5.08. The first-order valence-corrected chi connectivity index (χ1v) is 8.22. The SMILES string of the molecule is NNC(Cc1csc2ccccc12)c1cc(Br)ccc1F. The Bertz CT molecular complexity index is 772. The Hall–Kier alpha value is -1.27. The van der Waals surface area contributed by atoms with Crippen molar-refractivity contribution in [3.8, 4) is 0 Å². The highest BCUT2D eigenvalue weighted by Gasteiger charge is 2.17. The molecule has 21 heavy (non-hydrogen) atoms. The van der Waals surface area contributed by atoms with Crippen LogP contribution in [0.1, 0.15) is 17.2 Å². The average molecular weight is 365 g/mol. The molecule has 0 amide bonds. The van der Waals surface area contributed by atoms with Gasteiger partial charge in [0.25, 0.3) is 0 Å². The highest BCUT2D eigenvalue weighted by Crippen LogP contribution is 2.30. The maximum absolute atomic E-state index is 14.0. The van der Waals surface area contributed by atoms with Crippen LogP contribution in [0.4, 0.5) is 4.39 Å². The Morgan fingerprint density at radius 3 is 2.86 bits per heavy atom. The van der Waals surface area contributed by atoms with E-state index in [0.29, 0.717) is 12.0 Å². The Balaban J connectivity index is 1.96. The third-order valence-electron chi connectivity index (χ3n) is 3.52.